The highest BCUT2D eigenvalue weighted by atomic mass is 16.2. The number of rotatable bonds is 3. The van der Waals surface area contributed by atoms with E-state index in [9.17, 15) is 4.79 Å². The van der Waals surface area contributed by atoms with E-state index in [1.165, 1.54) is 12.8 Å². The summed E-state index contributed by atoms with van der Waals surface area (Å²) in [6.07, 6.45) is 8.12. The molecular formula is C17H31N3O. The molecule has 4 heteroatoms. The third kappa shape index (κ3) is 2.61. The summed E-state index contributed by atoms with van der Waals surface area (Å²) in [5.74, 6) is 0.991. The van der Waals surface area contributed by atoms with Gasteiger partial charge in [0.2, 0.25) is 5.91 Å². The van der Waals surface area contributed by atoms with Crippen molar-refractivity contribution in [2.24, 2.45) is 5.92 Å². The molecular weight excluding hydrogens is 262 g/mol. The predicted molar refractivity (Wildman–Crippen MR) is 84.9 cm³/mol. The molecule has 1 saturated carbocycles. The van der Waals surface area contributed by atoms with Crippen LogP contribution in [-0.2, 0) is 4.79 Å². The largest absolute Gasteiger partial charge is 0.322 e. The number of carbonyl (C=O) groups is 1. The number of hydrogen-bond donors (Lipinski definition) is 1. The zero-order valence-corrected chi connectivity index (χ0v) is 13.9. The Balaban J connectivity index is 1.82. The van der Waals surface area contributed by atoms with Crippen LogP contribution in [0, 0.1) is 5.92 Å². The van der Waals surface area contributed by atoms with Crippen molar-refractivity contribution in [1.82, 2.24) is 15.1 Å². The van der Waals surface area contributed by atoms with Gasteiger partial charge in [-0.05, 0) is 45.2 Å². The average Bonchev–Trinajstić information content (AvgIpc) is 3.00. The Kier molecular flexibility index (Phi) is 4.28. The second kappa shape index (κ2) is 5.88. The van der Waals surface area contributed by atoms with Crippen molar-refractivity contribution in [2.75, 3.05) is 20.1 Å². The van der Waals surface area contributed by atoms with Crippen molar-refractivity contribution in [3.05, 3.63) is 0 Å². The summed E-state index contributed by atoms with van der Waals surface area (Å²) in [4.78, 5) is 17.9. The highest BCUT2D eigenvalue weighted by Crippen LogP contribution is 2.40. The lowest BCUT2D eigenvalue weighted by Gasteiger charge is -2.42. The maximum atomic E-state index is 13.2. The highest BCUT2D eigenvalue weighted by Gasteiger charge is 2.54. The number of piperidine rings is 1. The van der Waals surface area contributed by atoms with Crippen molar-refractivity contribution < 1.29 is 4.79 Å². The third-order valence-electron chi connectivity index (χ3n) is 5.86. The summed E-state index contributed by atoms with van der Waals surface area (Å²) in [5.41, 5.74) is -0.205. The molecule has 1 amide bonds. The van der Waals surface area contributed by atoms with Crippen molar-refractivity contribution >= 4 is 5.91 Å². The van der Waals surface area contributed by atoms with Crippen molar-refractivity contribution in [3.8, 4) is 0 Å². The first kappa shape index (κ1) is 15.3. The zero-order chi connectivity index (χ0) is 15.0. The lowest BCUT2D eigenvalue weighted by atomic mass is 9.90. The van der Waals surface area contributed by atoms with Crippen LogP contribution in [0.2, 0.25) is 0 Å². The minimum Gasteiger partial charge on any atom is -0.322 e. The predicted octanol–water partition coefficient (Wildman–Crippen LogP) is 2.20. The SMILES string of the molecule is CCCC1NC2(CCCC2)C(=O)N1C1CCN(C)CC1C. The molecule has 4 nitrogen and oxygen atoms in total. The van der Waals surface area contributed by atoms with Gasteiger partial charge in [-0.15, -0.1) is 0 Å². The monoisotopic (exact) mass is 293 g/mol. The molecule has 2 aliphatic heterocycles. The molecule has 1 N–H and O–H groups in total. The van der Waals surface area contributed by atoms with Crippen LogP contribution in [0.3, 0.4) is 0 Å². The first-order valence-electron chi connectivity index (χ1n) is 8.86. The van der Waals surface area contributed by atoms with E-state index in [0.29, 0.717) is 17.9 Å². The molecule has 3 unspecified atom stereocenters. The molecule has 1 spiro atoms. The number of carbonyl (C=O) groups excluding carboxylic acids is 1. The molecule has 0 aromatic carbocycles. The van der Waals surface area contributed by atoms with Gasteiger partial charge in [-0.25, -0.2) is 0 Å². The molecule has 0 aromatic rings. The minimum atomic E-state index is -0.205. The molecule has 2 saturated heterocycles. The van der Waals surface area contributed by atoms with Crippen LogP contribution in [0.25, 0.3) is 0 Å². The average molecular weight is 293 g/mol. The fourth-order valence-electron chi connectivity index (χ4n) is 4.80. The van der Waals surface area contributed by atoms with Crippen LogP contribution in [0.5, 0.6) is 0 Å². The van der Waals surface area contributed by atoms with Crippen LogP contribution in [0.1, 0.15) is 58.8 Å². The summed E-state index contributed by atoms with van der Waals surface area (Å²) in [5, 5.41) is 3.76. The number of nitrogens with zero attached hydrogens (tertiary/aromatic N) is 2. The van der Waals surface area contributed by atoms with Crippen molar-refractivity contribution in [2.45, 2.75) is 76.5 Å². The van der Waals surface area contributed by atoms with Crippen molar-refractivity contribution in [1.29, 1.82) is 0 Å². The maximum absolute atomic E-state index is 13.2. The quantitative estimate of drug-likeness (QED) is 0.866. The van der Waals surface area contributed by atoms with Gasteiger partial charge in [0.15, 0.2) is 0 Å². The van der Waals surface area contributed by atoms with Gasteiger partial charge in [0, 0.05) is 12.6 Å². The Labute approximate surface area is 129 Å². The molecule has 0 radical (unpaired) electrons. The summed E-state index contributed by atoms with van der Waals surface area (Å²) >= 11 is 0. The lowest BCUT2D eigenvalue weighted by Crippen LogP contribution is -2.53. The summed E-state index contributed by atoms with van der Waals surface area (Å²) in [6.45, 7) is 6.77. The Bertz CT molecular complexity index is 391. The molecule has 3 aliphatic rings. The van der Waals surface area contributed by atoms with Gasteiger partial charge < -0.3 is 9.80 Å². The Morgan fingerprint density at radius 1 is 1.33 bits per heavy atom. The molecule has 1 aliphatic carbocycles. The minimum absolute atomic E-state index is 0.205. The van der Waals surface area contributed by atoms with Gasteiger partial charge in [-0.3, -0.25) is 10.1 Å². The van der Waals surface area contributed by atoms with Gasteiger partial charge in [-0.2, -0.15) is 0 Å². The van der Waals surface area contributed by atoms with Gasteiger partial charge in [0.1, 0.15) is 0 Å². The summed E-state index contributed by atoms with van der Waals surface area (Å²) in [7, 11) is 2.19. The standard InChI is InChI=1S/C17H31N3O/c1-4-7-15-18-17(9-5-6-10-17)16(21)20(15)14-8-11-19(3)12-13(14)2/h13-15,18H,4-12H2,1-3H3. The van der Waals surface area contributed by atoms with E-state index in [1.807, 2.05) is 0 Å². The molecule has 2 heterocycles. The second-order valence-corrected chi connectivity index (χ2v) is 7.55. The van der Waals surface area contributed by atoms with E-state index < -0.39 is 0 Å². The normalized spacial score (nSPS) is 36.8. The second-order valence-electron chi connectivity index (χ2n) is 7.55. The van der Waals surface area contributed by atoms with Crippen LogP contribution >= 0.6 is 0 Å². The first-order chi connectivity index (χ1) is 10.1. The number of nitrogens with one attached hydrogen (secondary N) is 1. The van der Waals surface area contributed by atoms with Gasteiger partial charge in [-0.1, -0.05) is 33.1 Å². The van der Waals surface area contributed by atoms with Crippen LogP contribution in [-0.4, -0.2) is 53.6 Å². The summed E-state index contributed by atoms with van der Waals surface area (Å²) < 4.78 is 0. The van der Waals surface area contributed by atoms with Crippen LogP contribution < -0.4 is 5.32 Å². The van der Waals surface area contributed by atoms with Crippen LogP contribution in [0.15, 0.2) is 0 Å². The topological polar surface area (TPSA) is 35.6 Å². The molecule has 0 aromatic heterocycles. The van der Waals surface area contributed by atoms with Gasteiger partial charge >= 0.3 is 0 Å². The van der Waals surface area contributed by atoms with Crippen LogP contribution in [0.4, 0.5) is 0 Å². The van der Waals surface area contributed by atoms with Gasteiger partial charge in [0.25, 0.3) is 0 Å². The zero-order valence-electron chi connectivity index (χ0n) is 13.9. The Hall–Kier alpha value is -0.610. The molecule has 0 bridgehead atoms. The smallest absolute Gasteiger partial charge is 0.244 e. The Morgan fingerprint density at radius 3 is 2.67 bits per heavy atom. The fraction of sp³-hybridized carbons (Fsp3) is 0.941. The third-order valence-corrected chi connectivity index (χ3v) is 5.86. The van der Waals surface area contributed by atoms with Crippen molar-refractivity contribution in [3.63, 3.8) is 0 Å². The fourth-order valence-corrected chi connectivity index (χ4v) is 4.80. The highest BCUT2D eigenvalue weighted by molar-refractivity contribution is 5.89. The van der Waals surface area contributed by atoms with E-state index in [4.69, 9.17) is 0 Å². The number of likely N-dealkylation sites (tertiary alicyclic amines) is 1. The van der Waals surface area contributed by atoms with E-state index in [-0.39, 0.29) is 11.7 Å². The molecule has 3 atom stereocenters. The van der Waals surface area contributed by atoms with E-state index in [1.54, 1.807) is 0 Å². The lowest BCUT2D eigenvalue weighted by molar-refractivity contribution is -0.137. The Morgan fingerprint density at radius 2 is 2.05 bits per heavy atom. The number of hydrogen-bond acceptors (Lipinski definition) is 3. The molecule has 21 heavy (non-hydrogen) atoms. The molecule has 3 rings (SSSR count). The first-order valence-corrected chi connectivity index (χ1v) is 8.86. The van der Waals surface area contributed by atoms with Gasteiger partial charge in [0.05, 0.1) is 11.7 Å². The molecule has 3 fully saturated rings. The van der Waals surface area contributed by atoms with E-state index in [2.05, 4.69) is 36.0 Å². The maximum Gasteiger partial charge on any atom is 0.244 e. The summed E-state index contributed by atoms with van der Waals surface area (Å²) in [6, 6.07) is 0.428. The molecule has 120 valence electrons. The number of amides is 1. The van der Waals surface area contributed by atoms with E-state index in [0.717, 1.165) is 45.2 Å². The van der Waals surface area contributed by atoms with E-state index >= 15 is 0 Å².